The van der Waals surface area contributed by atoms with Crippen LogP contribution in [0.2, 0.25) is 5.02 Å². The molecule has 0 saturated carbocycles. The van der Waals surface area contributed by atoms with E-state index in [9.17, 15) is 0 Å². The van der Waals surface area contributed by atoms with Gasteiger partial charge in [-0.2, -0.15) is 0 Å². The number of hydrogen-bond donors (Lipinski definition) is 1. The Bertz CT molecular complexity index is 393. The number of rotatable bonds is 11. The van der Waals surface area contributed by atoms with Crippen LogP contribution in [0.15, 0.2) is 30.9 Å². The molecule has 1 rings (SSSR count). The van der Waals surface area contributed by atoms with E-state index in [1.807, 2.05) is 24.3 Å². The molecule has 3 heteroatoms. The highest BCUT2D eigenvalue weighted by Crippen LogP contribution is 2.26. The van der Waals surface area contributed by atoms with Crippen molar-refractivity contribution in [3.8, 4) is 5.75 Å². The molecule has 20 heavy (non-hydrogen) atoms. The van der Waals surface area contributed by atoms with Crippen molar-refractivity contribution < 1.29 is 4.74 Å². The second kappa shape index (κ2) is 10.8. The molecule has 0 unspecified atom stereocenters. The molecular weight excluding hydrogens is 270 g/mol. The molecule has 0 aliphatic rings. The van der Waals surface area contributed by atoms with E-state index >= 15 is 0 Å². The number of nitrogens with one attached hydrogen (secondary N) is 1. The van der Waals surface area contributed by atoms with Crippen molar-refractivity contribution in [1.82, 2.24) is 5.32 Å². The zero-order valence-electron chi connectivity index (χ0n) is 12.5. The topological polar surface area (TPSA) is 21.3 Å². The molecule has 1 N–H and O–H groups in total. The molecule has 0 fully saturated rings. The third-order valence-electron chi connectivity index (χ3n) is 3.11. The van der Waals surface area contributed by atoms with Crippen molar-refractivity contribution in [2.45, 2.75) is 45.6 Å². The largest absolute Gasteiger partial charge is 0.493 e. The maximum atomic E-state index is 6.26. The fourth-order valence-corrected chi connectivity index (χ4v) is 2.22. The third kappa shape index (κ3) is 6.44. The minimum absolute atomic E-state index is 0.748. The maximum Gasteiger partial charge on any atom is 0.125 e. The van der Waals surface area contributed by atoms with E-state index in [1.54, 1.807) is 0 Å². The number of unbranched alkanes of at least 4 members (excludes halogenated alkanes) is 3. The monoisotopic (exact) mass is 295 g/mol. The fourth-order valence-electron chi connectivity index (χ4n) is 1.99. The Morgan fingerprint density at radius 3 is 2.90 bits per heavy atom. The second-order valence-electron chi connectivity index (χ2n) is 4.88. The SMILES string of the molecule is C=CCCCCCOc1cccc(Cl)c1CNCCC. The number of allylic oxidation sites excluding steroid dienone is 1. The lowest BCUT2D eigenvalue weighted by atomic mass is 10.2. The zero-order chi connectivity index (χ0) is 14.6. The molecule has 0 aromatic heterocycles. The first-order valence-electron chi connectivity index (χ1n) is 7.51. The van der Waals surface area contributed by atoms with Gasteiger partial charge in [0.25, 0.3) is 0 Å². The summed E-state index contributed by atoms with van der Waals surface area (Å²) in [6, 6.07) is 5.86. The Morgan fingerprint density at radius 1 is 1.30 bits per heavy atom. The van der Waals surface area contributed by atoms with Gasteiger partial charge in [0.05, 0.1) is 6.61 Å². The summed E-state index contributed by atoms with van der Waals surface area (Å²) in [6.07, 6.45) is 7.61. The average molecular weight is 296 g/mol. The molecule has 0 atom stereocenters. The Kier molecular flexibility index (Phi) is 9.18. The summed E-state index contributed by atoms with van der Waals surface area (Å²) in [4.78, 5) is 0. The van der Waals surface area contributed by atoms with Crippen LogP contribution in [0.1, 0.15) is 44.6 Å². The third-order valence-corrected chi connectivity index (χ3v) is 3.47. The molecule has 0 saturated heterocycles. The molecule has 112 valence electrons. The van der Waals surface area contributed by atoms with Crippen LogP contribution in [-0.4, -0.2) is 13.2 Å². The van der Waals surface area contributed by atoms with Crippen LogP contribution in [-0.2, 0) is 6.54 Å². The van der Waals surface area contributed by atoms with E-state index in [0.717, 1.165) is 55.3 Å². The molecule has 1 aromatic rings. The number of ether oxygens (including phenoxy) is 1. The molecular formula is C17H26ClNO. The first-order valence-corrected chi connectivity index (χ1v) is 7.89. The van der Waals surface area contributed by atoms with E-state index in [-0.39, 0.29) is 0 Å². The summed E-state index contributed by atoms with van der Waals surface area (Å²) >= 11 is 6.26. The van der Waals surface area contributed by atoms with Gasteiger partial charge in [-0.25, -0.2) is 0 Å². The summed E-state index contributed by atoms with van der Waals surface area (Å²) in [5, 5.41) is 4.15. The first-order chi connectivity index (χ1) is 9.79. The number of halogens is 1. The van der Waals surface area contributed by atoms with Gasteiger partial charge < -0.3 is 10.1 Å². The summed E-state index contributed by atoms with van der Waals surface area (Å²) < 4.78 is 5.88. The van der Waals surface area contributed by atoms with Gasteiger partial charge in [-0.15, -0.1) is 6.58 Å². The minimum Gasteiger partial charge on any atom is -0.493 e. The van der Waals surface area contributed by atoms with Gasteiger partial charge in [0.2, 0.25) is 0 Å². The standard InChI is InChI=1S/C17H26ClNO/c1-3-5-6-7-8-13-20-17-11-9-10-16(18)15(17)14-19-12-4-2/h3,9-11,19H,1,4-8,12-14H2,2H3. The van der Waals surface area contributed by atoms with E-state index < -0.39 is 0 Å². The Labute approximate surface area is 128 Å². The van der Waals surface area contributed by atoms with Gasteiger partial charge in [0.15, 0.2) is 0 Å². The Balaban J connectivity index is 2.43. The maximum absolute atomic E-state index is 6.26. The predicted octanol–water partition coefficient (Wildman–Crippen LogP) is 4.96. The summed E-state index contributed by atoms with van der Waals surface area (Å²) in [6.45, 7) is 8.39. The predicted molar refractivity (Wildman–Crippen MR) is 87.6 cm³/mol. The lowest BCUT2D eigenvalue weighted by Crippen LogP contribution is -2.15. The molecule has 0 amide bonds. The van der Waals surface area contributed by atoms with Crippen LogP contribution in [0.5, 0.6) is 5.75 Å². The highest BCUT2D eigenvalue weighted by atomic mass is 35.5. The van der Waals surface area contributed by atoms with Crippen molar-refractivity contribution in [3.05, 3.63) is 41.4 Å². The smallest absolute Gasteiger partial charge is 0.125 e. The Hall–Kier alpha value is -0.990. The van der Waals surface area contributed by atoms with Gasteiger partial charge in [-0.3, -0.25) is 0 Å². The fraction of sp³-hybridized carbons (Fsp3) is 0.529. The number of benzene rings is 1. The van der Waals surface area contributed by atoms with Crippen LogP contribution in [0, 0.1) is 0 Å². The van der Waals surface area contributed by atoms with Crippen LogP contribution < -0.4 is 10.1 Å². The van der Waals surface area contributed by atoms with Crippen LogP contribution in [0.3, 0.4) is 0 Å². The zero-order valence-corrected chi connectivity index (χ0v) is 13.2. The van der Waals surface area contributed by atoms with Crippen molar-refractivity contribution >= 4 is 11.6 Å². The van der Waals surface area contributed by atoms with E-state index in [0.29, 0.717) is 0 Å². The molecule has 0 aliphatic carbocycles. The highest BCUT2D eigenvalue weighted by molar-refractivity contribution is 6.31. The quantitative estimate of drug-likeness (QED) is 0.460. The average Bonchev–Trinajstić information content (AvgIpc) is 2.45. The van der Waals surface area contributed by atoms with E-state index in [1.165, 1.54) is 12.8 Å². The number of hydrogen-bond acceptors (Lipinski definition) is 2. The van der Waals surface area contributed by atoms with Crippen LogP contribution >= 0.6 is 11.6 Å². The van der Waals surface area contributed by atoms with E-state index in [2.05, 4.69) is 18.8 Å². The summed E-state index contributed by atoms with van der Waals surface area (Å²) in [5.74, 6) is 0.907. The van der Waals surface area contributed by atoms with Crippen LogP contribution in [0.4, 0.5) is 0 Å². The highest BCUT2D eigenvalue weighted by Gasteiger charge is 2.07. The van der Waals surface area contributed by atoms with Crippen LogP contribution in [0.25, 0.3) is 0 Å². The second-order valence-corrected chi connectivity index (χ2v) is 5.29. The molecule has 0 aliphatic heterocycles. The molecule has 0 radical (unpaired) electrons. The van der Waals surface area contributed by atoms with Crippen molar-refractivity contribution in [1.29, 1.82) is 0 Å². The van der Waals surface area contributed by atoms with Gasteiger partial charge >= 0.3 is 0 Å². The Morgan fingerprint density at radius 2 is 2.15 bits per heavy atom. The van der Waals surface area contributed by atoms with Gasteiger partial charge in [0, 0.05) is 17.1 Å². The summed E-state index contributed by atoms with van der Waals surface area (Å²) in [5.41, 5.74) is 1.06. The van der Waals surface area contributed by atoms with Crippen molar-refractivity contribution in [3.63, 3.8) is 0 Å². The van der Waals surface area contributed by atoms with Crippen molar-refractivity contribution in [2.24, 2.45) is 0 Å². The molecule has 2 nitrogen and oxygen atoms in total. The van der Waals surface area contributed by atoms with E-state index in [4.69, 9.17) is 16.3 Å². The van der Waals surface area contributed by atoms with Crippen molar-refractivity contribution in [2.75, 3.05) is 13.2 Å². The lowest BCUT2D eigenvalue weighted by molar-refractivity contribution is 0.302. The van der Waals surface area contributed by atoms with Gasteiger partial charge in [-0.05, 0) is 50.8 Å². The normalized spacial score (nSPS) is 10.5. The first kappa shape index (κ1) is 17.1. The molecule has 0 bridgehead atoms. The lowest BCUT2D eigenvalue weighted by Gasteiger charge is -2.13. The molecule has 0 spiro atoms. The molecule has 1 aromatic carbocycles. The van der Waals surface area contributed by atoms with Gasteiger partial charge in [0.1, 0.15) is 5.75 Å². The van der Waals surface area contributed by atoms with Gasteiger partial charge in [-0.1, -0.05) is 30.7 Å². The minimum atomic E-state index is 0.748. The summed E-state index contributed by atoms with van der Waals surface area (Å²) in [7, 11) is 0. The molecule has 0 heterocycles.